The Balaban J connectivity index is 2.31. The molecule has 2 rings (SSSR count). The van der Waals surface area contributed by atoms with E-state index in [-0.39, 0.29) is 31.8 Å². The molecule has 16 heteroatoms. The van der Waals surface area contributed by atoms with Gasteiger partial charge in [-0.2, -0.15) is 0 Å². The Bertz CT molecular complexity index is 1240. The van der Waals surface area contributed by atoms with Gasteiger partial charge in [-0.1, -0.05) is 18.2 Å². The lowest BCUT2D eigenvalue weighted by Gasteiger charge is -2.25. The first-order valence-electron chi connectivity index (χ1n) is 12.3. The summed E-state index contributed by atoms with van der Waals surface area (Å²) in [6, 6.07) is 1.79. The van der Waals surface area contributed by atoms with Crippen molar-refractivity contribution >= 4 is 46.5 Å². The first-order chi connectivity index (χ1) is 18.9. The maximum atomic E-state index is 13.4. The van der Waals surface area contributed by atoms with Crippen LogP contribution in [0.1, 0.15) is 24.8 Å². The van der Waals surface area contributed by atoms with Crippen LogP contribution in [-0.4, -0.2) is 88.1 Å². The van der Waals surface area contributed by atoms with Crippen LogP contribution >= 0.6 is 0 Å². The number of carboxylic acid groups (broad SMARTS) is 1. The molecule has 1 aromatic carbocycles. The lowest BCUT2D eigenvalue weighted by Crippen LogP contribution is -2.58. The van der Waals surface area contributed by atoms with Gasteiger partial charge in [0.25, 0.3) is 0 Å². The number of aliphatic hydroxyl groups is 1. The van der Waals surface area contributed by atoms with Crippen LogP contribution in [0.15, 0.2) is 35.5 Å². The number of aromatic nitrogens is 1. The number of nitrogens with zero attached hydrogens (tertiary/aromatic N) is 1. The van der Waals surface area contributed by atoms with E-state index in [9.17, 15) is 34.2 Å². The lowest BCUT2D eigenvalue weighted by molar-refractivity contribution is -0.143. The third kappa shape index (κ3) is 9.55. The molecular weight excluding hydrogens is 526 g/mol. The van der Waals surface area contributed by atoms with E-state index < -0.39 is 66.8 Å². The molecule has 0 aliphatic carbocycles. The van der Waals surface area contributed by atoms with Crippen molar-refractivity contribution in [2.75, 3.05) is 13.2 Å². The summed E-state index contributed by atoms with van der Waals surface area (Å²) in [7, 11) is 0. The van der Waals surface area contributed by atoms with Crippen molar-refractivity contribution in [1.82, 2.24) is 20.9 Å². The number of H-pyrrole nitrogens is 1. The largest absolute Gasteiger partial charge is 0.480 e. The molecule has 14 N–H and O–H groups in total. The fourth-order valence-corrected chi connectivity index (χ4v) is 3.82. The number of rotatable bonds is 16. The minimum absolute atomic E-state index is 0.0128. The predicted octanol–water partition coefficient (Wildman–Crippen LogP) is -3.50. The number of amides is 4. The highest BCUT2D eigenvalue weighted by Gasteiger charge is 2.31. The monoisotopic (exact) mass is 561 g/mol. The minimum Gasteiger partial charge on any atom is -0.480 e. The van der Waals surface area contributed by atoms with Gasteiger partial charge in [0.15, 0.2) is 5.96 Å². The van der Waals surface area contributed by atoms with Crippen molar-refractivity contribution in [3.63, 3.8) is 0 Å². The van der Waals surface area contributed by atoms with E-state index in [1.807, 2.05) is 18.2 Å². The number of guanidine groups is 1. The number of nitrogens with one attached hydrogen (secondary N) is 4. The third-order valence-electron chi connectivity index (χ3n) is 5.87. The summed E-state index contributed by atoms with van der Waals surface area (Å²) in [6.45, 7) is -0.769. The number of carboxylic acids is 1. The summed E-state index contributed by atoms with van der Waals surface area (Å²) in [5, 5.41) is 26.5. The predicted molar refractivity (Wildman–Crippen MR) is 144 cm³/mol. The SMILES string of the molecule is NC(=O)CC(N)C(=O)NC(Cc1c[nH]c2ccccc12)C(=O)NC(CCCN=C(N)N)C(=O)NC(CO)C(=O)O. The Morgan fingerprint density at radius 1 is 0.925 bits per heavy atom. The van der Waals surface area contributed by atoms with E-state index in [1.54, 1.807) is 12.3 Å². The van der Waals surface area contributed by atoms with Gasteiger partial charge in [0.1, 0.15) is 18.1 Å². The van der Waals surface area contributed by atoms with Crippen molar-refractivity contribution in [3.8, 4) is 0 Å². The van der Waals surface area contributed by atoms with E-state index in [2.05, 4.69) is 25.9 Å². The molecule has 0 fully saturated rings. The zero-order valence-electron chi connectivity index (χ0n) is 21.6. The highest BCUT2D eigenvalue weighted by molar-refractivity contribution is 5.95. The Hall–Kier alpha value is -4.70. The van der Waals surface area contributed by atoms with Crippen LogP contribution < -0.4 is 38.9 Å². The molecular formula is C24H35N9O7. The first-order valence-corrected chi connectivity index (χ1v) is 12.3. The van der Waals surface area contributed by atoms with Crippen molar-refractivity contribution in [1.29, 1.82) is 0 Å². The summed E-state index contributed by atoms with van der Waals surface area (Å²) in [6.07, 6.45) is 1.39. The molecule has 1 aromatic heterocycles. The number of hydrogen-bond acceptors (Lipinski definition) is 8. The summed E-state index contributed by atoms with van der Waals surface area (Å²) < 4.78 is 0. The highest BCUT2D eigenvalue weighted by Crippen LogP contribution is 2.19. The topological polar surface area (TPSA) is 294 Å². The summed E-state index contributed by atoms with van der Waals surface area (Å²) in [4.78, 5) is 68.5. The van der Waals surface area contributed by atoms with Gasteiger partial charge in [0.05, 0.1) is 19.1 Å². The third-order valence-corrected chi connectivity index (χ3v) is 5.87. The molecule has 4 unspecified atom stereocenters. The number of fused-ring (bicyclic) bond motifs is 1. The van der Waals surface area contributed by atoms with E-state index in [4.69, 9.17) is 22.9 Å². The highest BCUT2D eigenvalue weighted by atomic mass is 16.4. The van der Waals surface area contributed by atoms with E-state index >= 15 is 0 Å². The molecule has 0 aliphatic rings. The molecule has 218 valence electrons. The Morgan fingerprint density at radius 2 is 1.55 bits per heavy atom. The average molecular weight is 562 g/mol. The maximum Gasteiger partial charge on any atom is 0.328 e. The Labute approximate surface area is 228 Å². The first kappa shape index (κ1) is 31.5. The van der Waals surface area contributed by atoms with Crippen LogP contribution in [0.5, 0.6) is 0 Å². The van der Waals surface area contributed by atoms with E-state index in [0.29, 0.717) is 5.56 Å². The zero-order valence-corrected chi connectivity index (χ0v) is 21.6. The number of nitrogens with two attached hydrogens (primary N) is 4. The smallest absolute Gasteiger partial charge is 0.328 e. The number of carbonyl (C=O) groups is 5. The number of para-hydroxylation sites is 1. The number of aliphatic carboxylic acids is 1. The molecule has 0 saturated carbocycles. The number of hydrogen-bond donors (Lipinski definition) is 10. The molecule has 0 aliphatic heterocycles. The second-order valence-corrected chi connectivity index (χ2v) is 8.99. The Morgan fingerprint density at radius 3 is 2.17 bits per heavy atom. The van der Waals surface area contributed by atoms with Crippen molar-refractivity contribution in [2.45, 2.75) is 49.9 Å². The van der Waals surface area contributed by atoms with Crippen molar-refractivity contribution in [2.24, 2.45) is 27.9 Å². The minimum atomic E-state index is -1.61. The second kappa shape index (κ2) is 15.0. The number of aromatic amines is 1. The van der Waals surface area contributed by atoms with Gasteiger partial charge in [0.2, 0.25) is 23.6 Å². The fraction of sp³-hybridized carbons (Fsp3) is 0.417. The van der Waals surface area contributed by atoms with Crippen LogP contribution in [0.25, 0.3) is 10.9 Å². The normalized spacial score (nSPS) is 13.8. The van der Waals surface area contributed by atoms with Gasteiger partial charge in [-0.25, -0.2) is 4.79 Å². The number of benzene rings is 1. The number of primary amides is 1. The average Bonchev–Trinajstić information content (AvgIpc) is 3.30. The molecule has 0 radical (unpaired) electrons. The molecule has 0 saturated heterocycles. The lowest BCUT2D eigenvalue weighted by atomic mass is 10.0. The van der Waals surface area contributed by atoms with Gasteiger partial charge < -0.3 is 54.1 Å². The van der Waals surface area contributed by atoms with E-state index in [0.717, 1.165) is 10.9 Å². The number of aliphatic imine (C=N–C) groups is 1. The van der Waals surface area contributed by atoms with E-state index in [1.165, 1.54) is 0 Å². The van der Waals surface area contributed by atoms with Crippen LogP contribution in [0.2, 0.25) is 0 Å². The van der Waals surface area contributed by atoms with Gasteiger partial charge in [-0.3, -0.25) is 24.2 Å². The van der Waals surface area contributed by atoms with Crippen LogP contribution in [-0.2, 0) is 30.4 Å². The van der Waals surface area contributed by atoms with Gasteiger partial charge >= 0.3 is 5.97 Å². The molecule has 16 nitrogen and oxygen atoms in total. The summed E-state index contributed by atoms with van der Waals surface area (Å²) in [5.41, 5.74) is 23.0. The molecule has 4 amide bonds. The Kier molecular flexibility index (Phi) is 11.8. The molecule has 40 heavy (non-hydrogen) atoms. The number of carbonyl (C=O) groups excluding carboxylic acids is 4. The van der Waals surface area contributed by atoms with Crippen molar-refractivity contribution in [3.05, 3.63) is 36.0 Å². The van der Waals surface area contributed by atoms with Crippen LogP contribution in [0, 0.1) is 0 Å². The van der Waals surface area contributed by atoms with Crippen LogP contribution in [0.4, 0.5) is 0 Å². The molecule has 1 heterocycles. The standard InChI is InChI=1S/C24H35N9O7/c25-14(9-19(26)35)20(36)32-17(8-12-10-30-15-5-2-1-4-13(12)15)22(38)31-16(6-3-7-29-24(27)28)21(37)33-18(11-34)23(39)40/h1-2,4-5,10,14,16-18,30,34H,3,6-9,11,25H2,(H2,26,35)(H,31,38)(H,32,36)(H,33,37)(H,39,40)(H4,27,28,29). The number of aliphatic hydroxyl groups excluding tert-OH is 1. The zero-order chi connectivity index (χ0) is 29.8. The van der Waals surface area contributed by atoms with Gasteiger partial charge in [0, 0.05) is 30.1 Å². The molecule has 4 atom stereocenters. The maximum absolute atomic E-state index is 13.4. The van der Waals surface area contributed by atoms with Crippen molar-refractivity contribution < 1.29 is 34.2 Å². The molecule has 2 aromatic rings. The second-order valence-electron chi connectivity index (χ2n) is 8.99. The molecule has 0 spiro atoms. The summed E-state index contributed by atoms with van der Waals surface area (Å²) in [5.74, 6) is -4.96. The van der Waals surface area contributed by atoms with Crippen LogP contribution in [0.3, 0.4) is 0 Å². The quantitative estimate of drug-likeness (QED) is 0.0547. The summed E-state index contributed by atoms with van der Waals surface area (Å²) >= 11 is 0. The van der Waals surface area contributed by atoms with Gasteiger partial charge in [-0.05, 0) is 24.5 Å². The fourth-order valence-electron chi connectivity index (χ4n) is 3.82. The molecule has 0 bridgehead atoms. The van der Waals surface area contributed by atoms with Gasteiger partial charge in [-0.15, -0.1) is 0 Å².